The van der Waals surface area contributed by atoms with Gasteiger partial charge in [-0.1, -0.05) is 30.3 Å². The maximum Gasteiger partial charge on any atom is 0.268 e. The molecular formula is C14H16N4O2. The number of aromatic nitrogens is 2. The fourth-order valence-corrected chi connectivity index (χ4v) is 2.55. The normalized spacial score (nSPS) is 18.2. The van der Waals surface area contributed by atoms with Crippen molar-refractivity contribution in [1.29, 1.82) is 0 Å². The van der Waals surface area contributed by atoms with E-state index in [9.17, 15) is 10.0 Å². The molecule has 104 valence electrons. The molecule has 0 fully saturated rings. The van der Waals surface area contributed by atoms with Crippen LogP contribution in [-0.4, -0.2) is 26.9 Å². The second-order valence-electron chi connectivity index (χ2n) is 4.98. The number of nitrogens with zero attached hydrogens (tertiary/aromatic N) is 3. The number of carbonyl (C=O) groups excluding carboxylic acids is 1. The molecule has 3 N–H and O–H groups in total. The van der Waals surface area contributed by atoms with Gasteiger partial charge in [0, 0.05) is 6.42 Å². The van der Waals surface area contributed by atoms with Crippen LogP contribution in [0.4, 0.5) is 5.69 Å². The molecule has 0 bridgehead atoms. The summed E-state index contributed by atoms with van der Waals surface area (Å²) in [6.07, 6.45) is 0.388. The average molecular weight is 272 g/mol. The SMILES string of the molecule is Cc1nn(Cc2ccccc2)c2c1N(O)C(=O)[C@@H](N)C2. The van der Waals surface area contributed by atoms with Crippen LogP contribution in [0.1, 0.15) is 17.0 Å². The Morgan fingerprint density at radius 2 is 2.10 bits per heavy atom. The summed E-state index contributed by atoms with van der Waals surface area (Å²) in [7, 11) is 0. The Bertz CT molecular complexity index is 651. The molecule has 2 aromatic rings. The number of carbonyl (C=O) groups is 1. The van der Waals surface area contributed by atoms with Gasteiger partial charge >= 0.3 is 0 Å². The number of anilines is 1. The van der Waals surface area contributed by atoms with Gasteiger partial charge in [-0.2, -0.15) is 10.2 Å². The van der Waals surface area contributed by atoms with Crippen molar-refractivity contribution in [1.82, 2.24) is 9.78 Å². The molecule has 6 heteroatoms. The summed E-state index contributed by atoms with van der Waals surface area (Å²) in [5, 5.41) is 15.0. The minimum absolute atomic E-state index is 0.388. The lowest BCUT2D eigenvalue weighted by atomic mass is 10.0. The first-order valence-corrected chi connectivity index (χ1v) is 6.46. The van der Waals surface area contributed by atoms with Crippen LogP contribution in [0.2, 0.25) is 0 Å². The van der Waals surface area contributed by atoms with Crippen LogP contribution in [0.15, 0.2) is 30.3 Å². The zero-order chi connectivity index (χ0) is 14.3. The Hall–Kier alpha value is -2.18. The molecule has 0 saturated heterocycles. The van der Waals surface area contributed by atoms with Crippen LogP contribution >= 0.6 is 0 Å². The van der Waals surface area contributed by atoms with Gasteiger partial charge in [-0.15, -0.1) is 0 Å². The number of benzene rings is 1. The van der Waals surface area contributed by atoms with Crippen LogP contribution in [0.3, 0.4) is 0 Å². The van der Waals surface area contributed by atoms with Crippen molar-refractivity contribution < 1.29 is 10.0 Å². The summed E-state index contributed by atoms with van der Waals surface area (Å²) in [4.78, 5) is 11.7. The van der Waals surface area contributed by atoms with Gasteiger partial charge in [-0.3, -0.25) is 14.7 Å². The molecule has 3 rings (SSSR count). The first-order chi connectivity index (χ1) is 9.58. The van der Waals surface area contributed by atoms with Crippen molar-refractivity contribution in [3.8, 4) is 0 Å². The van der Waals surface area contributed by atoms with Crippen molar-refractivity contribution in [2.24, 2.45) is 5.73 Å². The van der Waals surface area contributed by atoms with Crippen molar-refractivity contribution in [3.05, 3.63) is 47.3 Å². The highest BCUT2D eigenvalue weighted by molar-refractivity contribution is 5.98. The smallest absolute Gasteiger partial charge is 0.268 e. The fraction of sp³-hybridized carbons (Fsp3) is 0.286. The fourth-order valence-electron chi connectivity index (χ4n) is 2.55. The lowest BCUT2D eigenvalue weighted by Gasteiger charge is -2.26. The quantitative estimate of drug-likeness (QED) is 0.794. The second kappa shape index (κ2) is 4.73. The maximum atomic E-state index is 11.7. The van der Waals surface area contributed by atoms with Crippen molar-refractivity contribution in [2.75, 3.05) is 5.06 Å². The molecule has 0 spiro atoms. The molecule has 1 aliphatic rings. The van der Waals surface area contributed by atoms with Gasteiger partial charge in [0.25, 0.3) is 5.91 Å². The number of hydrogen-bond acceptors (Lipinski definition) is 4. The largest absolute Gasteiger partial charge is 0.319 e. The predicted octanol–water partition coefficient (Wildman–Crippen LogP) is 0.845. The average Bonchev–Trinajstić information content (AvgIpc) is 2.73. The van der Waals surface area contributed by atoms with Gasteiger partial charge < -0.3 is 5.73 Å². The number of hydroxylamine groups is 1. The summed E-state index contributed by atoms with van der Waals surface area (Å²) in [6.45, 7) is 2.36. The van der Waals surface area contributed by atoms with E-state index in [1.807, 2.05) is 30.3 Å². The molecule has 0 unspecified atom stereocenters. The molecule has 0 aliphatic carbocycles. The third kappa shape index (κ3) is 1.99. The Morgan fingerprint density at radius 3 is 2.80 bits per heavy atom. The minimum Gasteiger partial charge on any atom is -0.319 e. The van der Waals surface area contributed by atoms with Crippen LogP contribution in [0, 0.1) is 6.92 Å². The lowest BCUT2D eigenvalue weighted by molar-refractivity contribution is -0.125. The highest BCUT2D eigenvalue weighted by atomic mass is 16.5. The van der Waals surface area contributed by atoms with Gasteiger partial charge in [0.05, 0.1) is 24.0 Å². The number of nitrogens with two attached hydrogens (primary N) is 1. The standard InChI is InChI=1S/C14H16N4O2/c1-9-13-12(7-11(15)14(19)18(13)20)17(16-9)8-10-5-3-2-4-6-10/h2-6,11,20H,7-8,15H2,1H3/t11-/m0/s1. The van der Waals surface area contributed by atoms with Crippen molar-refractivity contribution in [2.45, 2.75) is 25.9 Å². The van der Waals surface area contributed by atoms with E-state index in [2.05, 4.69) is 5.10 Å². The Balaban J connectivity index is 2.01. The molecule has 20 heavy (non-hydrogen) atoms. The highest BCUT2D eigenvalue weighted by Crippen LogP contribution is 2.29. The zero-order valence-corrected chi connectivity index (χ0v) is 11.2. The Labute approximate surface area is 116 Å². The molecule has 1 aromatic carbocycles. The molecular weight excluding hydrogens is 256 g/mol. The Morgan fingerprint density at radius 1 is 1.40 bits per heavy atom. The van der Waals surface area contributed by atoms with Gasteiger partial charge in [0.1, 0.15) is 5.69 Å². The van der Waals surface area contributed by atoms with E-state index in [0.29, 0.717) is 29.4 Å². The molecule has 1 atom stereocenters. The number of aryl methyl sites for hydroxylation is 1. The van der Waals surface area contributed by atoms with Crippen LogP contribution in [-0.2, 0) is 17.8 Å². The topological polar surface area (TPSA) is 84.4 Å². The lowest BCUT2D eigenvalue weighted by Crippen LogP contribution is -2.47. The molecule has 0 saturated carbocycles. The first kappa shape index (κ1) is 12.8. The zero-order valence-electron chi connectivity index (χ0n) is 11.2. The van der Waals surface area contributed by atoms with E-state index < -0.39 is 11.9 Å². The summed E-state index contributed by atoms with van der Waals surface area (Å²) >= 11 is 0. The van der Waals surface area contributed by atoms with Crippen molar-refractivity contribution in [3.63, 3.8) is 0 Å². The maximum absolute atomic E-state index is 11.7. The number of rotatable bonds is 2. The van der Waals surface area contributed by atoms with Gasteiger partial charge in [-0.25, -0.2) is 0 Å². The highest BCUT2D eigenvalue weighted by Gasteiger charge is 2.34. The summed E-state index contributed by atoms with van der Waals surface area (Å²) in [6, 6.07) is 9.18. The van der Waals surface area contributed by atoms with Gasteiger partial charge in [0.2, 0.25) is 0 Å². The Kier molecular flexibility index (Phi) is 3.04. The summed E-state index contributed by atoms with van der Waals surface area (Å²) in [5.41, 5.74) is 8.75. The van der Waals surface area contributed by atoms with E-state index in [4.69, 9.17) is 5.73 Å². The predicted molar refractivity (Wildman–Crippen MR) is 73.5 cm³/mol. The van der Waals surface area contributed by atoms with Crippen LogP contribution < -0.4 is 10.8 Å². The third-order valence-corrected chi connectivity index (χ3v) is 3.52. The minimum atomic E-state index is -0.724. The number of fused-ring (bicyclic) bond motifs is 1. The molecule has 1 amide bonds. The van der Waals surface area contributed by atoms with Gasteiger partial charge in [-0.05, 0) is 12.5 Å². The molecule has 2 heterocycles. The van der Waals surface area contributed by atoms with E-state index in [-0.39, 0.29) is 0 Å². The molecule has 6 nitrogen and oxygen atoms in total. The van der Waals surface area contributed by atoms with E-state index >= 15 is 0 Å². The van der Waals surface area contributed by atoms with E-state index in [1.165, 1.54) is 0 Å². The second-order valence-corrected chi connectivity index (χ2v) is 4.98. The number of amides is 1. The summed E-state index contributed by atoms with van der Waals surface area (Å²) < 4.78 is 1.80. The monoisotopic (exact) mass is 272 g/mol. The molecule has 1 aromatic heterocycles. The third-order valence-electron chi connectivity index (χ3n) is 3.52. The first-order valence-electron chi connectivity index (χ1n) is 6.46. The van der Waals surface area contributed by atoms with Crippen LogP contribution in [0.5, 0.6) is 0 Å². The molecule has 0 radical (unpaired) electrons. The summed E-state index contributed by atoms with van der Waals surface area (Å²) in [5.74, 6) is -0.486. The van der Waals surface area contributed by atoms with E-state index in [1.54, 1.807) is 11.6 Å². The number of hydrogen-bond donors (Lipinski definition) is 2. The van der Waals surface area contributed by atoms with Crippen LogP contribution in [0.25, 0.3) is 0 Å². The van der Waals surface area contributed by atoms with Crippen molar-refractivity contribution >= 4 is 11.6 Å². The van der Waals surface area contributed by atoms with E-state index in [0.717, 1.165) is 11.3 Å². The van der Waals surface area contributed by atoms with Gasteiger partial charge in [0.15, 0.2) is 0 Å². The molecule has 1 aliphatic heterocycles.